The summed E-state index contributed by atoms with van der Waals surface area (Å²) in [4.78, 5) is 10.7. The number of nitrogens with one attached hydrogen (secondary N) is 2. The van der Waals surface area contributed by atoms with Crippen LogP contribution in [0.15, 0.2) is 10.4 Å². The van der Waals surface area contributed by atoms with Gasteiger partial charge in [-0.3, -0.25) is 4.99 Å². The van der Waals surface area contributed by atoms with Gasteiger partial charge >= 0.3 is 0 Å². The SMILES string of the molecule is CCOCCNC(=NC)NCc1csc(N(C)C)n1.I. The molecular formula is C12H24IN5OS. The monoisotopic (exact) mass is 413 g/mol. The van der Waals surface area contributed by atoms with Gasteiger partial charge in [-0.2, -0.15) is 0 Å². The highest BCUT2D eigenvalue weighted by Gasteiger charge is 2.04. The summed E-state index contributed by atoms with van der Waals surface area (Å²) in [5.74, 6) is 0.763. The lowest BCUT2D eigenvalue weighted by Crippen LogP contribution is -2.38. The van der Waals surface area contributed by atoms with E-state index in [1.54, 1.807) is 18.4 Å². The summed E-state index contributed by atoms with van der Waals surface area (Å²) in [5, 5.41) is 9.47. The molecule has 0 bridgehead atoms. The molecule has 0 amide bonds. The van der Waals surface area contributed by atoms with Crippen LogP contribution < -0.4 is 15.5 Å². The Morgan fingerprint density at radius 3 is 2.75 bits per heavy atom. The van der Waals surface area contributed by atoms with E-state index >= 15 is 0 Å². The van der Waals surface area contributed by atoms with E-state index in [0.29, 0.717) is 13.2 Å². The molecule has 1 aromatic heterocycles. The van der Waals surface area contributed by atoms with Crippen molar-refractivity contribution in [1.82, 2.24) is 15.6 Å². The van der Waals surface area contributed by atoms with E-state index in [1.165, 1.54) is 0 Å². The molecule has 116 valence electrons. The number of anilines is 1. The Hall–Kier alpha value is -0.610. The van der Waals surface area contributed by atoms with Gasteiger partial charge in [-0.1, -0.05) is 0 Å². The number of aromatic nitrogens is 1. The first-order valence-corrected chi connectivity index (χ1v) is 7.19. The summed E-state index contributed by atoms with van der Waals surface area (Å²) in [6, 6.07) is 0. The molecule has 0 unspecified atom stereocenters. The molecule has 1 rings (SSSR count). The predicted molar refractivity (Wildman–Crippen MR) is 96.6 cm³/mol. The van der Waals surface area contributed by atoms with Gasteiger partial charge in [0.1, 0.15) is 0 Å². The van der Waals surface area contributed by atoms with Crippen LogP contribution in [0.5, 0.6) is 0 Å². The van der Waals surface area contributed by atoms with Gasteiger partial charge in [-0.15, -0.1) is 35.3 Å². The third-order valence-corrected chi connectivity index (χ3v) is 3.38. The highest BCUT2D eigenvalue weighted by atomic mass is 127. The lowest BCUT2D eigenvalue weighted by Gasteiger charge is -2.11. The summed E-state index contributed by atoms with van der Waals surface area (Å²) in [6.45, 7) is 4.81. The number of thiazole rings is 1. The summed E-state index contributed by atoms with van der Waals surface area (Å²) in [6.07, 6.45) is 0. The lowest BCUT2D eigenvalue weighted by molar-refractivity contribution is 0.152. The molecule has 2 N–H and O–H groups in total. The first-order valence-electron chi connectivity index (χ1n) is 6.31. The molecule has 0 saturated heterocycles. The fraction of sp³-hybridized carbons (Fsp3) is 0.667. The van der Waals surface area contributed by atoms with Crippen molar-refractivity contribution >= 4 is 46.4 Å². The summed E-state index contributed by atoms with van der Waals surface area (Å²) < 4.78 is 5.26. The molecule has 0 atom stereocenters. The molecule has 0 fully saturated rings. The maximum Gasteiger partial charge on any atom is 0.191 e. The molecule has 0 aromatic carbocycles. The fourth-order valence-electron chi connectivity index (χ4n) is 1.36. The zero-order valence-electron chi connectivity index (χ0n) is 12.5. The van der Waals surface area contributed by atoms with Crippen molar-refractivity contribution in [2.45, 2.75) is 13.5 Å². The largest absolute Gasteiger partial charge is 0.380 e. The van der Waals surface area contributed by atoms with Crippen LogP contribution in [-0.4, -0.2) is 51.8 Å². The number of hydrogen-bond acceptors (Lipinski definition) is 5. The number of hydrogen-bond donors (Lipinski definition) is 2. The van der Waals surface area contributed by atoms with E-state index in [4.69, 9.17) is 4.74 Å². The molecule has 6 nitrogen and oxygen atoms in total. The molecule has 1 heterocycles. The van der Waals surface area contributed by atoms with Crippen LogP contribution in [0.4, 0.5) is 5.13 Å². The van der Waals surface area contributed by atoms with Gasteiger partial charge in [0.25, 0.3) is 0 Å². The normalized spacial score (nSPS) is 10.9. The maximum atomic E-state index is 5.26. The van der Waals surface area contributed by atoms with Crippen LogP contribution in [0.1, 0.15) is 12.6 Å². The van der Waals surface area contributed by atoms with Crippen molar-refractivity contribution in [3.05, 3.63) is 11.1 Å². The average molecular weight is 413 g/mol. The van der Waals surface area contributed by atoms with Crippen LogP contribution in [0.3, 0.4) is 0 Å². The topological polar surface area (TPSA) is 61.8 Å². The molecule has 0 spiro atoms. The summed E-state index contributed by atoms with van der Waals surface area (Å²) in [7, 11) is 5.73. The zero-order valence-corrected chi connectivity index (χ0v) is 15.6. The lowest BCUT2D eigenvalue weighted by atomic mass is 10.5. The van der Waals surface area contributed by atoms with E-state index in [1.807, 2.05) is 25.9 Å². The van der Waals surface area contributed by atoms with Crippen LogP contribution in [0.25, 0.3) is 0 Å². The van der Waals surface area contributed by atoms with Gasteiger partial charge in [0.15, 0.2) is 11.1 Å². The minimum Gasteiger partial charge on any atom is -0.380 e. The van der Waals surface area contributed by atoms with E-state index < -0.39 is 0 Å². The molecule has 1 aromatic rings. The molecule has 0 radical (unpaired) electrons. The minimum absolute atomic E-state index is 0. The highest BCUT2D eigenvalue weighted by Crippen LogP contribution is 2.17. The first kappa shape index (κ1) is 19.4. The third-order valence-electron chi connectivity index (χ3n) is 2.33. The zero-order chi connectivity index (χ0) is 14.1. The number of nitrogens with zero attached hydrogens (tertiary/aromatic N) is 3. The molecule has 0 saturated carbocycles. The first-order chi connectivity index (χ1) is 9.17. The molecule has 8 heteroatoms. The Kier molecular flexibility index (Phi) is 10.8. The number of rotatable bonds is 7. The van der Waals surface area contributed by atoms with Crippen molar-refractivity contribution < 1.29 is 4.74 Å². The van der Waals surface area contributed by atoms with Crippen molar-refractivity contribution in [2.24, 2.45) is 4.99 Å². The molecule has 20 heavy (non-hydrogen) atoms. The molecule has 0 aliphatic rings. The quantitative estimate of drug-likeness (QED) is 0.307. The predicted octanol–water partition coefficient (Wildman–Crippen LogP) is 1.53. The Labute approximate surface area is 142 Å². The van der Waals surface area contributed by atoms with Crippen LogP contribution in [-0.2, 0) is 11.3 Å². The smallest absolute Gasteiger partial charge is 0.191 e. The van der Waals surface area contributed by atoms with Crippen LogP contribution in [0, 0.1) is 0 Å². The Morgan fingerprint density at radius 2 is 2.20 bits per heavy atom. The second-order valence-electron chi connectivity index (χ2n) is 4.07. The van der Waals surface area contributed by atoms with E-state index in [-0.39, 0.29) is 24.0 Å². The average Bonchev–Trinajstić information content (AvgIpc) is 2.87. The van der Waals surface area contributed by atoms with E-state index in [0.717, 1.165) is 29.9 Å². The number of halogens is 1. The fourth-order valence-corrected chi connectivity index (χ4v) is 2.12. The highest BCUT2D eigenvalue weighted by molar-refractivity contribution is 14.0. The number of guanidine groups is 1. The maximum absolute atomic E-state index is 5.26. The molecule has 0 aliphatic heterocycles. The van der Waals surface area contributed by atoms with E-state index in [2.05, 4.69) is 26.0 Å². The number of ether oxygens (including phenoxy) is 1. The van der Waals surface area contributed by atoms with Gasteiger partial charge in [0.2, 0.25) is 0 Å². The van der Waals surface area contributed by atoms with Gasteiger partial charge in [0.05, 0.1) is 18.8 Å². The number of aliphatic imine (C=N–C) groups is 1. The van der Waals surface area contributed by atoms with Gasteiger partial charge < -0.3 is 20.3 Å². The van der Waals surface area contributed by atoms with Crippen molar-refractivity contribution in [1.29, 1.82) is 0 Å². The van der Waals surface area contributed by atoms with Crippen LogP contribution in [0.2, 0.25) is 0 Å². The summed E-state index contributed by atoms with van der Waals surface area (Å²) in [5.41, 5.74) is 1.02. The van der Waals surface area contributed by atoms with Gasteiger partial charge in [0, 0.05) is 39.7 Å². The van der Waals surface area contributed by atoms with Gasteiger partial charge in [-0.25, -0.2) is 4.98 Å². The van der Waals surface area contributed by atoms with Crippen molar-refractivity contribution in [2.75, 3.05) is 45.8 Å². The van der Waals surface area contributed by atoms with Crippen molar-refractivity contribution in [3.63, 3.8) is 0 Å². The van der Waals surface area contributed by atoms with Gasteiger partial charge in [-0.05, 0) is 6.92 Å². The summed E-state index contributed by atoms with van der Waals surface area (Å²) >= 11 is 1.64. The second-order valence-corrected chi connectivity index (χ2v) is 4.90. The Morgan fingerprint density at radius 1 is 1.45 bits per heavy atom. The Balaban J connectivity index is 0.00000361. The van der Waals surface area contributed by atoms with E-state index in [9.17, 15) is 0 Å². The molecule has 0 aliphatic carbocycles. The Bertz CT molecular complexity index is 397. The second kappa shape index (κ2) is 11.1. The standard InChI is InChI=1S/C12H23N5OS.HI/c1-5-18-7-6-14-11(13-2)15-8-10-9-19-12(16-10)17(3)4;/h9H,5-8H2,1-4H3,(H2,13,14,15);1H. The third kappa shape index (κ3) is 7.25. The van der Waals surface area contributed by atoms with Crippen molar-refractivity contribution in [3.8, 4) is 0 Å². The van der Waals surface area contributed by atoms with Crippen LogP contribution >= 0.6 is 35.3 Å². The minimum atomic E-state index is 0. The molecular weight excluding hydrogens is 389 g/mol.